The average Bonchev–Trinajstić information content (AvgIpc) is 2.53. The van der Waals surface area contributed by atoms with Gasteiger partial charge in [0.1, 0.15) is 0 Å². The molecule has 0 radical (unpaired) electrons. The summed E-state index contributed by atoms with van der Waals surface area (Å²) in [6, 6.07) is 0.241. The predicted molar refractivity (Wildman–Crippen MR) is 63.0 cm³/mol. The largest absolute Gasteiger partial charge is 0.467 e. The second-order valence-corrected chi connectivity index (χ2v) is 3.96. The standard InChI is InChI=1S/C10H17N5O2/c1-7-6-15(4-3-5-17-7)9-12-8(11)13-10(14-9)16-2/h7H,3-6H2,1-2H3,(H2,11,12,13,14). The van der Waals surface area contributed by atoms with Crippen molar-refractivity contribution < 1.29 is 9.47 Å². The van der Waals surface area contributed by atoms with Gasteiger partial charge in [0, 0.05) is 19.7 Å². The van der Waals surface area contributed by atoms with Crippen molar-refractivity contribution in [2.75, 3.05) is 37.4 Å². The van der Waals surface area contributed by atoms with Gasteiger partial charge in [0.15, 0.2) is 0 Å². The molecule has 0 aromatic carbocycles. The molecule has 1 aliphatic rings. The Balaban J connectivity index is 2.22. The van der Waals surface area contributed by atoms with Crippen molar-refractivity contribution in [1.82, 2.24) is 15.0 Å². The number of nitrogen functional groups attached to an aromatic ring is 1. The van der Waals surface area contributed by atoms with Gasteiger partial charge < -0.3 is 20.1 Å². The summed E-state index contributed by atoms with van der Waals surface area (Å²) in [7, 11) is 1.51. The first-order valence-electron chi connectivity index (χ1n) is 5.61. The molecule has 94 valence electrons. The minimum atomic E-state index is 0.154. The lowest BCUT2D eigenvalue weighted by atomic mass is 10.3. The summed E-state index contributed by atoms with van der Waals surface area (Å²) in [5, 5.41) is 0. The van der Waals surface area contributed by atoms with Crippen molar-refractivity contribution in [1.29, 1.82) is 0 Å². The molecule has 2 heterocycles. The van der Waals surface area contributed by atoms with Crippen LogP contribution in [0.5, 0.6) is 6.01 Å². The maximum absolute atomic E-state index is 5.62. The Hall–Kier alpha value is -1.63. The van der Waals surface area contributed by atoms with E-state index in [0.717, 1.165) is 26.1 Å². The maximum Gasteiger partial charge on any atom is 0.322 e. The predicted octanol–water partition coefficient (Wildman–Crippen LogP) is 0.0776. The number of nitrogens with zero attached hydrogens (tertiary/aromatic N) is 4. The van der Waals surface area contributed by atoms with Gasteiger partial charge in [-0.2, -0.15) is 15.0 Å². The zero-order chi connectivity index (χ0) is 12.3. The van der Waals surface area contributed by atoms with Crippen LogP contribution in [0, 0.1) is 0 Å². The SMILES string of the molecule is COc1nc(N)nc(N2CCCOC(C)C2)n1. The molecule has 7 heteroatoms. The number of anilines is 2. The Morgan fingerprint density at radius 1 is 1.41 bits per heavy atom. The average molecular weight is 239 g/mol. The summed E-state index contributed by atoms with van der Waals surface area (Å²) < 4.78 is 10.6. The Labute approximate surface area is 100.0 Å². The Morgan fingerprint density at radius 2 is 2.24 bits per heavy atom. The molecule has 2 rings (SSSR count). The maximum atomic E-state index is 5.62. The number of hydrogen-bond donors (Lipinski definition) is 1. The number of rotatable bonds is 2. The molecule has 7 nitrogen and oxygen atoms in total. The van der Waals surface area contributed by atoms with Crippen LogP contribution >= 0.6 is 0 Å². The molecule has 0 amide bonds. The van der Waals surface area contributed by atoms with Crippen LogP contribution < -0.4 is 15.4 Å². The fourth-order valence-corrected chi connectivity index (χ4v) is 1.77. The van der Waals surface area contributed by atoms with Gasteiger partial charge in [-0.15, -0.1) is 0 Å². The summed E-state index contributed by atoms with van der Waals surface area (Å²) in [5.41, 5.74) is 5.62. The minimum absolute atomic E-state index is 0.154. The molecular formula is C10H17N5O2. The first kappa shape index (κ1) is 11.8. The van der Waals surface area contributed by atoms with Crippen LogP contribution in [-0.2, 0) is 4.74 Å². The summed E-state index contributed by atoms with van der Waals surface area (Å²) >= 11 is 0. The second kappa shape index (κ2) is 5.13. The molecule has 1 aromatic heterocycles. The molecule has 1 aliphatic heterocycles. The molecule has 1 atom stereocenters. The molecule has 1 aromatic rings. The van der Waals surface area contributed by atoms with Crippen molar-refractivity contribution in [2.24, 2.45) is 0 Å². The monoisotopic (exact) mass is 239 g/mol. The van der Waals surface area contributed by atoms with Crippen molar-refractivity contribution in [3.8, 4) is 6.01 Å². The molecule has 0 aliphatic carbocycles. The fourth-order valence-electron chi connectivity index (χ4n) is 1.77. The van der Waals surface area contributed by atoms with Gasteiger partial charge in [-0.05, 0) is 13.3 Å². The van der Waals surface area contributed by atoms with Crippen LogP contribution in [-0.4, -0.2) is 47.9 Å². The number of ether oxygens (including phenoxy) is 2. The Bertz CT molecular complexity index is 387. The van der Waals surface area contributed by atoms with Gasteiger partial charge in [-0.3, -0.25) is 0 Å². The van der Waals surface area contributed by atoms with E-state index in [2.05, 4.69) is 15.0 Å². The summed E-state index contributed by atoms with van der Waals surface area (Å²) in [5.74, 6) is 0.719. The van der Waals surface area contributed by atoms with E-state index in [-0.39, 0.29) is 18.1 Å². The summed E-state index contributed by atoms with van der Waals surface area (Å²) in [6.07, 6.45) is 1.10. The highest BCUT2D eigenvalue weighted by atomic mass is 16.5. The van der Waals surface area contributed by atoms with E-state index in [1.54, 1.807) is 0 Å². The van der Waals surface area contributed by atoms with Gasteiger partial charge in [0.05, 0.1) is 13.2 Å². The molecule has 1 fully saturated rings. The van der Waals surface area contributed by atoms with Gasteiger partial charge >= 0.3 is 6.01 Å². The van der Waals surface area contributed by atoms with Crippen molar-refractivity contribution in [3.63, 3.8) is 0 Å². The third-order valence-electron chi connectivity index (χ3n) is 2.54. The van der Waals surface area contributed by atoms with E-state index in [9.17, 15) is 0 Å². The number of methoxy groups -OCH3 is 1. The first-order chi connectivity index (χ1) is 8.19. The molecular weight excluding hydrogens is 222 g/mol. The molecule has 17 heavy (non-hydrogen) atoms. The normalized spacial score (nSPS) is 21.1. The quantitative estimate of drug-likeness (QED) is 0.781. The van der Waals surface area contributed by atoms with Crippen LogP contribution in [0.25, 0.3) is 0 Å². The minimum Gasteiger partial charge on any atom is -0.467 e. The van der Waals surface area contributed by atoms with Crippen LogP contribution in [0.3, 0.4) is 0 Å². The number of aromatic nitrogens is 3. The third-order valence-corrected chi connectivity index (χ3v) is 2.54. The first-order valence-corrected chi connectivity index (χ1v) is 5.61. The smallest absolute Gasteiger partial charge is 0.322 e. The summed E-state index contributed by atoms with van der Waals surface area (Å²) in [6.45, 7) is 4.37. The Kier molecular flexibility index (Phi) is 3.58. The summed E-state index contributed by atoms with van der Waals surface area (Å²) in [4.78, 5) is 14.2. The highest BCUT2D eigenvalue weighted by Gasteiger charge is 2.18. The highest BCUT2D eigenvalue weighted by molar-refractivity contribution is 5.36. The molecule has 0 bridgehead atoms. The van der Waals surface area contributed by atoms with E-state index in [4.69, 9.17) is 15.2 Å². The molecule has 0 saturated carbocycles. The second-order valence-electron chi connectivity index (χ2n) is 3.96. The van der Waals surface area contributed by atoms with Crippen LogP contribution in [0.4, 0.5) is 11.9 Å². The lowest BCUT2D eigenvalue weighted by Crippen LogP contribution is -2.32. The van der Waals surface area contributed by atoms with Crippen molar-refractivity contribution in [2.45, 2.75) is 19.4 Å². The molecule has 1 saturated heterocycles. The fraction of sp³-hybridized carbons (Fsp3) is 0.700. The Morgan fingerprint density at radius 3 is 3.00 bits per heavy atom. The number of nitrogens with two attached hydrogens (primary N) is 1. The van der Waals surface area contributed by atoms with Gasteiger partial charge in [-0.25, -0.2) is 0 Å². The van der Waals surface area contributed by atoms with Crippen LogP contribution in [0.15, 0.2) is 0 Å². The van der Waals surface area contributed by atoms with Crippen molar-refractivity contribution >= 4 is 11.9 Å². The van der Waals surface area contributed by atoms with E-state index < -0.39 is 0 Å². The van der Waals surface area contributed by atoms with Gasteiger partial charge in [0.2, 0.25) is 11.9 Å². The van der Waals surface area contributed by atoms with E-state index >= 15 is 0 Å². The van der Waals surface area contributed by atoms with E-state index in [1.165, 1.54) is 7.11 Å². The van der Waals surface area contributed by atoms with E-state index in [1.807, 2.05) is 11.8 Å². The third kappa shape index (κ3) is 2.94. The molecule has 2 N–H and O–H groups in total. The number of hydrogen-bond acceptors (Lipinski definition) is 7. The zero-order valence-corrected chi connectivity index (χ0v) is 10.1. The lowest BCUT2D eigenvalue weighted by Gasteiger charge is -2.21. The van der Waals surface area contributed by atoms with E-state index in [0.29, 0.717) is 5.95 Å². The van der Waals surface area contributed by atoms with Crippen LogP contribution in [0.2, 0.25) is 0 Å². The molecule has 0 spiro atoms. The van der Waals surface area contributed by atoms with Crippen molar-refractivity contribution in [3.05, 3.63) is 0 Å². The topological polar surface area (TPSA) is 86.4 Å². The molecule has 1 unspecified atom stereocenters. The van der Waals surface area contributed by atoms with Gasteiger partial charge in [-0.1, -0.05) is 0 Å². The lowest BCUT2D eigenvalue weighted by molar-refractivity contribution is 0.0820. The zero-order valence-electron chi connectivity index (χ0n) is 10.1. The highest BCUT2D eigenvalue weighted by Crippen LogP contribution is 2.16. The van der Waals surface area contributed by atoms with Crippen LogP contribution in [0.1, 0.15) is 13.3 Å². The van der Waals surface area contributed by atoms with Gasteiger partial charge in [0.25, 0.3) is 0 Å².